The number of ether oxygens (including phenoxy) is 1. The van der Waals surface area contributed by atoms with Crippen LogP contribution in [0.25, 0.3) is 0 Å². The molecule has 1 unspecified atom stereocenters. The van der Waals surface area contributed by atoms with Crippen molar-refractivity contribution in [2.45, 2.75) is 18.6 Å². The van der Waals surface area contributed by atoms with Crippen molar-refractivity contribution in [3.05, 3.63) is 66.0 Å². The molecule has 2 atom stereocenters. The number of nitrogens with one attached hydrogen (secondary N) is 2. The highest BCUT2D eigenvalue weighted by molar-refractivity contribution is 6.30. The summed E-state index contributed by atoms with van der Waals surface area (Å²) >= 11 is 5.58. The van der Waals surface area contributed by atoms with Crippen molar-refractivity contribution in [1.29, 1.82) is 0 Å². The monoisotopic (exact) mass is 422 g/mol. The Morgan fingerprint density at radius 3 is 2.83 bits per heavy atom. The van der Waals surface area contributed by atoms with Crippen LogP contribution in [0, 0.1) is 5.82 Å². The molecule has 0 radical (unpaired) electrons. The lowest BCUT2D eigenvalue weighted by Gasteiger charge is -2.21. The normalized spacial score (nSPS) is 12.5. The van der Waals surface area contributed by atoms with Crippen molar-refractivity contribution in [1.82, 2.24) is 20.6 Å². The summed E-state index contributed by atoms with van der Waals surface area (Å²) in [7, 11) is 0. The first-order chi connectivity index (χ1) is 13.9. The minimum absolute atomic E-state index is 0.0527. The lowest BCUT2D eigenvalue weighted by atomic mass is 10.1. The van der Waals surface area contributed by atoms with Gasteiger partial charge >= 0.3 is 0 Å². The molecule has 0 bridgehead atoms. The molecular formula is C19H20ClFN4O4. The van der Waals surface area contributed by atoms with E-state index in [-0.39, 0.29) is 36.0 Å². The molecule has 10 heteroatoms. The van der Waals surface area contributed by atoms with Gasteiger partial charge in [-0.25, -0.2) is 9.37 Å². The third-order valence-electron chi connectivity index (χ3n) is 3.78. The molecule has 1 aromatic carbocycles. The van der Waals surface area contributed by atoms with Gasteiger partial charge in [-0.1, -0.05) is 17.7 Å². The van der Waals surface area contributed by atoms with Gasteiger partial charge in [-0.3, -0.25) is 14.6 Å². The van der Waals surface area contributed by atoms with E-state index in [0.717, 1.165) is 6.07 Å². The van der Waals surface area contributed by atoms with Crippen molar-refractivity contribution in [3.8, 4) is 5.75 Å². The van der Waals surface area contributed by atoms with Crippen LogP contribution in [0.4, 0.5) is 4.39 Å². The number of carbonyl (C=O) groups is 2. The first-order valence-electron chi connectivity index (χ1n) is 8.62. The molecule has 0 aliphatic carbocycles. The Hall–Kier alpha value is -3.04. The molecule has 154 valence electrons. The number of halogens is 2. The van der Waals surface area contributed by atoms with E-state index in [0.29, 0.717) is 0 Å². The molecule has 2 aromatic rings. The van der Waals surface area contributed by atoms with Gasteiger partial charge in [-0.2, -0.15) is 0 Å². The van der Waals surface area contributed by atoms with Gasteiger partial charge in [0.15, 0.2) is 6.61 Å². The van der Waals surface area contributed by atoms with E-state index in [1.54, 1.807) is 0 Å². The Kier molecular flexibility index (Phi) is 8.50. The number of amides is 2. The van der Waals surface area contributed by atoms with Gasteiger partial charge in [-0.15, -0.1) is 6.58 Å². The summed E-state index contributed by atoms with van der Waals surface area (Å²) in [6.45, 7) is 3.34. The SMILES string of the molecule is C=CC(NC(=O)COc1ccc(Cl)c(F)c1)[C@@H](O)CCNC(=O)c1cnccn1. The third kappa shape index (κ3) is 7.13. The Balaban J connectivity index is 1.75. The van der Waals surface area contributed by atoms with Crippen LogP contribution in [0.3, 0.4) is 0 Å². The molecule has 29 heavy (non-hydrogen) atoms. The summed E-state index contributed by atoms with van der Waals surface area (Å²) in [4.78, 5) is 31.5. The fourth-order valence-corrected chi connectivity index (χ4v) is 2.39. The number of carbonyl (C=O) groups excluding carboxylic acids is 2. The molecule has 2 amide bonds. The molecule has 0 saturated carbocycles. The second kappa shape index (κ2) is 11.1. The average Bonchev–Trinajstić information content (AvgIpc) is 2.73. The molecule has 2 rings (SSSR count). The van der Waals surface area contributed by atoms with Crippen LogP contribution in [0.15, 0.2) is 49.4 Å². The predicted molar refractivity (Wildman–Crippen MR) is 104 cm³/mol. The molecule has 1 aromatic heterocycles. The van der Waals surface area contributed by atoms with Crippen molar-refractivity contribution < 1.29 is 23.8 Å². The summed E-state index contributed by atoms with van der Waals surface area (Å²) in [5.41, 5.74) is 0.159. The Morgan fingerprint density at radius 2 is 2.17 bits per heavy atom. The zero-order valence-corrected chi connectivity index (χ0v) is 16.1. The molecule has 3 N–H and O–H groups in total. The molecule has 0 aliphatic rings. The Bertz CT molecular complexity index is 853. The van der Waals surface area contributed by atoms with Crippen molar-refractivity contribution in [2.75, 3.05) is 13.2 Å². The number of benzene rings is 1. The first kappa shape index (κ1) is 22.3. The third-order valence-corrected chi connectivity index (χ3v) is 4.09. The smallest absolute Gasteiger partial charge is 0.271 e. The van der Waals surface area contributed by atoms with Gasteiger partial charge in [0.05, 0.1) is 23.4 Å². The van der Waals surface area contributed by atoms with Crippen LogP contribution >= 0.6 is 11.6 Å². The molecular weight excluding hydrogens is 403 g/mol. The lowest BCUT2D eigenvalue weighted by molar-refractivity contribution is -0.124. The minimum atomic E-state index is -0.994. The molecule has 8 nitrogen and oxygen atoms in total. The minimum Gasteiger partial charge on any atom is -0.484 e. The summed E-state index contributed by atoms with van der Waals surface area (Å²) < 4.78 is 18.6. The van der Waals surface area contributed by atoms with Crippen LogP contribution in [-0.2, 0) is 4.79 Å². The van der Waals surface area contributed by atoms with Gasteiger partial charge in [0.2, 0.25) is 0 Å². The highest BCUT2D eigenvalue weighted by atomic mass is 35.5. The lowest BCUT2D eigenvalue weighted by Crippen LogP contribution is -2.45. The second-order valence-electron chi connectivity index (χ2n) is 5.90. The number of aliphatic hydroxyl groups excluding tert-OH is 1. The molecule has 0 spiro atoms. The number of nitrogens with zero attached hydrogens (tertiary/aromatic N) is 2. The van der Waals surface area contributed by atoms with E-state index >= 15 is 0 Å². The quantitative estimate of drug-likeness (QED) is 0.500. The molecule has 0 saturated heterocycles. The van der Waals surface area contributed by atoms with Gasteiger partial charge in [0.1, 0.15) is 17.3 Å². The van der Waals surface area contributed by atoms with Gasteiger partial charge in [0.25, 0.3) is 11.8 Å². The van der Waals surface area contributed by atoms with Gasteiger partial charge in [0, 0.05) is 25.0 Å². The zero-order chi connectivity index (χ0) is 21.2. The summed E-state index contributed by atoms with van der Waals surface area (Å²) in [5.74, 6) is -1.47. The zero-order valence-electron chi connectivity index (χ0n) is 15.3. The van der Waals surface area contributed by atoms with Crippen molar-refractivity contribution in [2.24, 2.45) is 0 Å². The van der Waals surface area contributed by atoms with Crippen LogP contribution < -0.4 is 15.4 Å². The predicted octanol–water partition coefficient (Wildman–Crippen LogP) is 1.50. The Labute approximate surface area is 171 Å². The molecule has 0 aliphatic heterocycles. The van der Waals surface area contributed by atoms with E-state index < -0.39 is 29.8 Å². The molecule has 1 heterocycles. The highest BCUT2D eigenvalue weighted by Crippen LogP contribution is 2.20. The van der Waals surface area contributed by atoms with E-state index in [2.05, 4.69) is 27.2 Å². The van der Waals surface area contributed by atoms with Crippen molar-refractivity contribution in [3.63, 3.8) is 0 Å². The fraction of sp³-hybridized carbons (Fsp3) is 0.263. The standard InChI is InChI=1S/C19H20ClFN4O4/c1-2-15(17(26)5-6-24-19(28)16-10-22-7-8-23-16)25-18(27)11-29-12-3-4-13(20)14(21)9-12/h2-4,7-10,15,17,26H,1,5-6,11H2,(H,24,28)(H,25,27)/t15?,17-/m0/s1. The summed E-state index contributed by atoms with van der Waals surface area (Å²) in [6, 6.07) is 3.05. The average molecular weight is 423 g/mol. The maximum absolute atomic E-state index is 13.4. The van der Waals surface area contributed by atoms with Crippen LogP contribution in [0.1, 0.15) is 16.9 Å². The van der Waals surface area contributed by atoms with Crippen LogP contribution in [-0.4, -0.2) is 52.2 Å². The van der Waals surface area contributed by atoms with Crippen molar-refractivity contribution >= 4 is 23.4 Å². The van der Waals surface area contributed by atoms with Gasteiger partial charge < -0.3 is 20.5 Å². The van der Waals surface area contributed by atoms with E-state index in [9.17, 15) is 19.1 Å². The largest absolute Gasteiger partial charge is 0.484 e. The maximum atomic E-state index is 13.4. The topological polar surface area (TPSA) is 113 Å². The van der Waals surface area contributed by atoms with E-state index in [1.807, 2.05) is 0 Å². The molecule has 0 fully saturated rings. The van der Waals surface area contributed by atoms with Crippen LogP contribution in [0.5, 0.6) is 5.75 Å². The number of hydrogen-bond donors (Lipinski definition) is 3. The number of aromatic nitrogens is 2. The maximum Gasteiger partial charge on any atom is 0.271 e. The van der Waals surface area contributed by atoms with Crippen LogP contribution in [0.2, 0.25) is 5.02 Å². The first-order valence-corrected chi connectivity index (χ1v) is 9.00. The number of aliphatic hydroxyl groups is 1. The fourth-order valence-electron chi connectivity index (χ4n) is 2.28. The Morgan fingerprint density at radius 1 is 1.38 bits per heavy atom. The summed E-state index contributed by atoms with van der Waals surface area (Å²) in [5, 5.41) is 15.3. The number of rotatable bonds is 10. The van der Waals surface area contributed by atoms with E-state index in [1.165, 1.54) is 36.8 Å². The summed E-state index contributed by atoms with van der Waals surface area (Å²) in [6.07, 6.45) is 4.71. The van der Waals surface area contributed by atoms with Gasteiger partial charge in [-0.05, 0) is 18.6 Å². The second-order valence-corrected chi connectivity index (χ2v) is 6.30. The number of hydrogen-bond acceptors (Lipinski definition) is 6. The van der Waals surface area contributed by atoms with E-state index in [4.69, 9.17) is 16.3 Å². The highest BCUT2D eigenvalue weighted by Gasteiger charge is 2.19.